The molecule has 0 aliphatic carbocycles. The van der Waals surface area contributed by atoms with Crippen LogP contribution >= 0.6 is 15.9 Å². The molecule has 2 N–H and O–H groups in total. The Labute approximate surface area is 129 Å². The number of hydrogen-bond acceptors (Lipinski definition) is 4. The molecule has 0 spiro atoms. The van der Waals surface area contributed by atoms with E-state index < -0.39 is 0 Å². The summed E-state index contributed by atoms with van der Waals surface area (Å²) in [6.45, 7) is 3.78. The molecule has 1 unspecified atom stereocenters. The van der Waals surface area contributed by atoms with Gasteiger partial charge in [-0.05, 0) is 36.6 Å². The van der Waals surface area contributed by atoms with Gasteiger partial charge in [-0.3, -0.25) is 0 Å². The summed E-state index contributed by atoms with van der Waals surface area (Å²) < 4.78 is 16.9. The zero-order chi connectivity index (χ0) is 14.6. The predicted octanol–water partition coefficient (Wildman–Crippen LogP) is 2.56. The molecule has 4 nitrogen and oxygen atoms in total. The van der Waals surface area contributed by atoms with Gasteiger partial charge in [0.15, 0.2) is 0 Å². The molecule has 0 saturated heterocycles. The van der Waals surface area contributed by atoms with Crippen molar-refractivity contribution in [1.82, 2.24) is 0 Å². The third-order valence-corrected chi connectivity index (χ3v) is 3.51. The number of ether oxygens (including phenoxy) is 3. The van der Waals surface area contributed by atoms with Gasteiger partial charge in [-0.25, -0.2) is 0 Å². The van der Waals surface area contributed by atoms with Gasteiger partial charge in [0.05, 0.1) is 26.4 Å². The number of methoxy groups -OCH3 is 1. The minimum Gasteiger partial charge on any atom is -0.382 e. The van der Waals surface area contributed by atoms with Gasteiger partial charge in [0.2, 0.25) is 0 Å². The van der Waals surface area contributed by atoms with Gasteiger partial charge in [0.1, 0.15) is 0 Å². The van der Waals surface area contributed by atoms with Gasteiger partial charge >= 0.3 is 0 Å². The second-order valence-electron chi connectivity index (χ2n) is 4.49. The topological polar surface area (TPSA) is 53.7 Å². The molecule has 0 aliphatic heterocycles. The van der Waals surface area contributed by atoms with Crippen LogP contribution in [0, 0.1) is 0 Å². The van der Waals surface area contributed by atoms with E-state index >= 15 is 0 Å². The van der Waals surface area contributed by atoms with E-state index in [1.807, 2.05) is 12.1 Å². The Kier molecular flexibility index (Phi) is 9.87. The van der Waals surface area contributed by atoms with Crippen LogP contribution in [0.3, 0.4) is 0 Å². The van der Waals surface area contributed by atoms with Crippen molar-refractivity contribution in [3.63, 3.8) is 0 Å². The first-order chi connectivity index (χ1) is 9.77. The van der Waals surface area contributed by atoms with Crippen molar-refractivity contribution >= 4 is 15.9 Å². The monoisotopic (exact) mass is 345 g/mol. The Morgan fingerprint density at radius 1 is 1.10 bits per heavy atom. The summed E-state index contributed by atoms with van der Waals surface area (Å²) in [6, 6.07) is 8.28. The van der Waals surface area contributed by atoms with Crippen LogP contribution in [-0.2, 0) is 14.2 Å². The SMILES string of the molecule is COCCOCCOCCC(CN)c1cccc(Br)c1. The lowest BCUT2D eigenvalue weighted by atomic mass is 9.96. The van der Waals surface area contributed by atoms with E-state index in [2.05, 4.69) is 28.1 Å². The summed E-state index contributed by atoms with van der Waals surface area (Å²) in [5, 5.41) is 0. The second-order valence-corrected chi connectivity index (χ2v) is 5.41. The normalized spacial score (nSPS) is 12.6. The van der Waals surface area contributed by atoms with Crippen molar-refractivity contribution in [2.24, 2.45) is 5.73 Å². The van der Waals surface area contributed by atoms with Gasteiger partial charge in [0, 0.05) is 18.2 Å². The molecule has 0 aliphatic rings. The molecule has 1 aromatic carbocycles. The Morgan fingerprint density at radius 2 is 1.80 bits per heavy atom. The van der Waals surface area contributed by atoms with Crippen LogP contribution in [0.25, 0.3) is 0 Å². The van der Waals surface area contributed by atoms with E-state index in [9.17, 15) is 0 Å². The third kappa shape index (κ3) is 7.36. The quantitative estimate of drug-likeness (QED) is 0.626. The fraction of sp³-hybridized carbons (Fsp3) is 0.600. The standard InChI is InChI=1S/C15H24BrNO3/c1-18-7-8-20-10-9-19-6-5-14(12-17)13-3-2-4-15(16)11-13/h2-4,11,14H,5-10,12,17H2,1H3. The van der Waals surface area contributed by atoms with E-state index in [4.69, 9.17) is 19.9 Å². The highest BCUT2D eigenvalue weighted by Crippen LogP contribution is 2.22. The summed E-state index contributed by atoms with van der Waals surface area (Å²) >= 11 is 3.48. The number of rotatable bonds is 11. The molecule has 0 radical (unpaired) electrons. The molecule has 114 valence electrons. The molecular weight excluding hydrogens is 322 g/mol. The van der Waals surface area contributed by atoms with Crippen LogP contribution in [0.2, 0.25) is 0 Å². The van der Waals surface area contributed by atoms with Gasteiger partial charge < -0.3 is 19.9 Å². The van der Waals surface area contributed by atoms with E-state index in [0.29, 0.717) is 45.5 Å². The Balaban J connectivity index is 2.16. The summed E-state index contributed by atoms with van der Waals surface area (Å²) in [5.41, 5.74) is 7.09. The fourth-order valence-corrected chi connectivity index (χ4v) is 2.29. The highest BCUT2D eigenvalue weighted by molar-refractivity contribution is 9.10. The molecule has 5 heteroatoms. The highest BCUT2D eigenvalue weighted by Gasteiger charge is 2.09. The predicted molar refractivity (Wildman–Crippen MR) is 84.1 cm³/mol. The van der Waals surface area contributed by atoms with Crippen LogP contribution in [0.4, 0.5) is 0 Å². The first-order valence-electron chi connectivity index (χ1n) is 6.88. The van der Waals surface area contributed by atoms with Crippen molar-refractivity contribution < 1.29 is 14.2 Å². The lowest BCUT2D eigenvalue weighted by Gasteiger charge is -2.15. The number of hydrogen-bond donors (Lipinski definition) is 1. The zero-order valence-electron chi connectivity index (χ0n) is 12.0. The number of benzene rings is 1. The van der Waals surface area contributed by atoms with Crippen LogP contribution in [0.1, 0.15) is 17.9 Å². The molecule has 0 bridgehead atoms. The fourth-order valence-electron chi connectivity index (χ4n) is 1.87. The van der Waals surface area contributed by atoms with Crippen LogP contribution in [0.15, 0.2) is 28.7 Å². The lowest BCUT2D eigenvalue weighted by molar-refractivity contribution is 0.0234. The van der Waals surface area contributed by atoms with E-state index in [-0.39, 0.29) is 0 Å². The molecule has 0 aromatic heterocycles. The van der Waals surface area contributed by atoms with Crippen molar-refractivity contribution in [3.8, 4) is 0 Å². The average Bonchev–Trinajstić information content (AvgIpc) is 2.46. The maximum atomic E-state index is 5.84. The van der Waals surface area contributed by atoms with Crippen LogP contribution in [-0.4, -0.2) is 46.7 Å². The molecule has 0 fully saturated rings. The van der Waals surface area contributed by atoms with Crippen LogP contribution < -0.4 is 5.73 Å². The van der Waals surface area contributed by atoms with Crippen molar-refractivity contribution in [3.05, 3.63) is 34.3 Å². The van der Waals surface area contributed by atoms with E-state index in [1.165, 1.54) is 5.56 Å². The first kappa shape index (κ1) is 17.6. The smallest absolute Gasteiger partial charge is 0.0701 e. The third-order valence-electron chi connectivity index (χ3n) is 3.02. The summed E-state index contributed by atoms with van der Waals surface area (Å²) in [4.78, 5) is 0. The molecule has 1 aromatic rings. The summed E-state index contributed by atoms with van der Waals surface area (Å²) in [5.74, 6) is 0.335. The number of halogens is 1. The minimum absolute atomic E-state index is 0.335. The van der Waals surface area contributed by atoms with Gasteiger partial charge in [-0.2, -0.15) is 0 Å². The van der Waals surface area contributed by atoms with Gasteiger partial charge in [-0.1, -0.05) is 28.1 Å². The Morgan fingerprint density at radius 3 is 2.45 bits per heavy atom. The molecule has 0 heterocycles. The van der Waals surface area contributed by atoms with Gasteiger partial charge in [-0.15, -0.1) is 0 Å². The lowest BCUT2D eigenvalue weighted by Crippen LogP contribution is -2.16. The Bertz CT molecular complexity index is 363. The molecular formula is C15H24BrNO3. The highest BCUT2D eigenvalue weighted by atomic mass is 79.9. The number of nitrogens with two attached hydrogens (primary N) is 1. The maximum Gasteiger partial charge on any atom is 0.0701 e. The largest absolute Gasteiger partial charge is 0.382 e. The molecule has 1 atom stereocenters. The molecule has 1 rings (SSSR count). The van der Waals surface area contributed by atoms with Crippen LogP contribution in [0.5, 0.6) is 0 Å². The molecule has 0 saturated carbocycles. The zero-order valence-corrected chi connectivity index (χ0v) is 13.6. The van der Waals surface area contributed by atoms with Gasteiger partial charge in [0.25, 0.3) is 0 Å². The van der Waals surface area contributed by atoms with E-state index in [1.54, 1.807) is 7.11 Å². The summed E-state index contributed by atoms with van der Waals surface area (Å²) in [6.07, 6.45) is 0.922. The first-order valence-corrected chi connectivity index (χ1v) is 7.67. The molecule has 20 heavy (non-hydrogen) atoms. The second kappa shape index (κ2) is 11.2. The van der Waals surface area contributed by atoms with Crippen molar-refractivity contribution in [2.45, 2.75) is 12.3 Å². The molecule has 0 amide bonds. The average molecular weight is 346 g/mol. The maximum absolute atomic E-state index is 5.84. The minimum atomic E-state index is 0.335. The van der Waals surface area contributed by atoms with Crippen molar-refractivity contribution in [1.29, 1.82) is 0 Å². The Hall–Kier alpha value is -0.460. The summed E-state index contributed by atoms with van der Waals surface area (Å²) in [7, 11) is 1.66. The van der Waals surface area contributed by atoms with Crippen molar-refractivity contribution in [2.75, 3.05) is 46.7 Å². The van der Waals surface area contributed by atoms with E-state index in [0.717, 1.165) is 10.9 Å².